The molecule has 0 saturated carbocycles. The molecule has 132 valence electrons. The minimum atomic E-state index is 0.407. The topological polar surface area (TPSA) is 64.4 Å². The van der Waals surface area contributed by atoms with Gasteiger partial charge in [-0.05, 0) is 42.6 Å². The van der Waals surface area contributed by atoms with E-state index in [9.17, 15) is 0 Å². The van der Waals surface area contributed by atoms with Crippen LogP contribution in [0.5, 0.6) is 11.5 Å². The lowest BCUT2D eigenvalue weighted by atomic mass is 10.2. The van der Waals surface area contributed by atoms with Gasteiger partial charge < -0.3 is 9.47 Å². The van der Waals surface area contributed by atoms with Gasteiger partial charge in [0.25, 0.3) is 0 Å². The first-order chi connectivity index (χ1) is 12.7. The van der Waals surface area contributed by atoms with Gasteiger partial charge in [-0.25, -0.2) is 5.10 Å². The number of rotatable bonds is 6. The van der Waals surface area contributed by atoms with Crippen molar-refractivity contribution >= 4 is 24.5 Å². The van der Waals surface area contributed by atoms with Crippen LogP contribution >= 0.6 is 12.2 Å². The molecule has 3 aromatic rings. The van der Waals surface area contributed by atoms with Gasteiger partial charge in [0.1, 0.15) is 11.5 Å². The summed E-state index contributed by atoms with van der Waals surface area (Å²) in [6.07, 6.45) is 5.39. The van der Waals surface area contributed by atoms with Crippen molar-refractivity contribution in [3.05, 3.63) is 64.9 Å². The van der Waals surface area contributed by atoms with Gasteiger partial charge in [-0.2, -0.15) is 14.9 Å². The molecule has 7 heteroatoms. The Bertz CT molecular complexity index is 1000. The first-order valence-corrected chi connectivity index (χ1v) is 8.29. The average molecular weight is 366 g/mol. The summed E-state index contributed by atoms with van der Waals surface area (Å²) in [6, 6.07) is 15.3. The van der Waals surface area contributed by atoms with Crippen molar-refractivity contribution in [2.45, 2.75) is 0 Å². The van der Waals surface area contributed by atoms with E-state index in [-0.39, 0.29) is 0 Å². The van der Waals surface area contributed by atoms with E-state index in [1.807, 2.05) is 60.7 Å². The zero-order valence-corrected chi connectivity index (χ0v) is 15.2. The van der Waals surface area contributed by atoms with Gasteiger partial charge in [-0.1, -0.05) is 30.3 Å². The zero-order chi connectivity index (χ0) is 18.4. The summed E-state index contributed by atoms with van der Waals surface area (Å²) in [7, 11) is 3.27. The molecular formula is C19H18N4O2S. The molecule has 3 rings (SSSR count). The minimum Gasteiger partial charge on any atom is -0.497 e. The number of aromatic nitrogens is 3. The Kier molecular flexibility index (Phi) is 5.60. The monoisotopic (exact) mass is 366 g/mol. The molecule has 0 spiro atoms. The van der Waals surface area contributed by atoms with Gasteiger partial charge in [0.2, 0.25) is 4.77 Å². The predicted octanol–water partition coefficient (Wildman–Crippen LogP) is 4.17. The lowest BCUT2D eigenvalue weighted by Gasteiger charge is -2.03. The summed E-state index contributed by atoms with van der Waals surface area (Å²) in [4.78, 5) is 0. The Morgan fingerprint density at radius 1 is 1.12 bits per heavy atom. The third-order valence-corrected chi connectivity index (χ3v) is 3.93. The lowest BCUT2D eigenvalue weighted by Crippen LogP contribution is -1.94. The zero-order valence-electron chi connectivity index (χ0n) is 14.4. The van der Waals surface area contributed by atoms with Crippen molar-refractivity contribution in [3.8, 4) is 22.9 Å². The average Bonchev–Trinajstić information content (AvgIpc) is 3.06. The van der Waals surface area contributed by atoms with Crippen LogP contribution in [0.3, 0.4) is 0 Å². The molecule has 0 bridgehead atoms. The fraction of sp³-hybridized carbons (Fsp3) is 0.105. The Morgan fingerprint density at radius 2 is 1.96 bits per heavy atom. The van der Waals surface area contributed by atoms with Crippen molar-refractivity contribution in [1.82, 2.24) is 14.9 Å². The number of nitrogens with zero attached hydrogens (tertiary/aromatic N) is 3. The quantitative estimate of drug-likeness (QED) is 0.525. The highest BCUT2D eigenvalue weighted by molar-refractivity contribution is 7.71. The van der Waals surface area contributed by atoms with E-state index in [4.69, 9.17) is 21.7 Å². The largest absolute Gasteiger partial charge is 0.497 e. The molecule has 26 heavy (non-hydrogen) atoms. The molecule has 2 aromatic carbocycles. The Labute approximate surface area is 156 Å². The van der Waals surface area contributed by atoms with Gasteiger partial charge in [-0.3, -0.25) is 0 Å². The molecule has 0 atom stereocenters. The smallest absolute Gasteiger partial charge is 0.216 e. The number of methoxy groups -OCH3 is 2. The molecule has 0 radical (unpaired) electrons. The number of aromatic amines is 1. The Balaban J connectivity index is 1.86. The maximum Gasteiger partial charge on any atom is 0.216 e. The standard InChI is InChI=1S/C19H18N4O2S/c1-24-16-10-5-8-15(13-16)18-21-22-19(26)23(18)20-12-6-9-14-7-3-4-11-17(14)25-2/h3-13H,1-2H3,(H,22,26). The summed E-state index contributed by atoms with van der Waals surface area (Å²) in [6.45, 7) is 0. The highest BCUT2D eigenvalue weighted by atomic mass is 32.1. The summed E-state index contributed by atoms with van der Waals surface area (Å²) >= 11 is 5.27. The molecule has 0 saturated heterocycles. The molecule has 1 N–H and O–H groups in total. The van der Waals surface area contributed by atoms with Crippen LogP contribution < -0.4 is 9.47 Å². The third-order valence-electron chi connectivity index (χ3n) is 3.66. The van der Waals surface area contributed by atoms with Crippen LogP contribution in [0.2, 0.25) is 0 Å². The fourth-order valence-electron chi connectivity index (χ4n) is 2.40. The third kappa shape index (κ3) is 3.89. The van der Waals surface area contributed by atoms with E-state index in [2.05, 4.69) is 15.3 Å². The number of para-hydroxylation sites is 1. The van der Waals surface area contributed by atoms with Crippen LogP contribution in [-0.4, -0.2) is 35.3 Å². The molecule has 0 aliphatic heterocycles. The van der Waals surface area contributed by atoms with Crippen molar-refractivity contribution < 1.29 is 9.47 Å². The first-order valence-electron chi connectivity index (χ1n) is 7.89. The second kappa shape index (κ2) is 8.26. The maximum absolute atomic E-state index is 5.32. The minimum absolute atomic E-state index is 0.407. The summed E-state index contributed by atoms with van der Waals surface area (Å²) in [5, 5.41) is 11.4. The molecule has 0 fully saturated rings. The maximum atomic E-state index is 5.32. The lowest BCUT2D eigenvalue weighted by molar-refractivity contribution is 0.414. The van der Waals surface area contributed by atoms with E-state index in [1.54, 1.807) is 25.1 Å². The van der Waals surface area contributed by atoms with Gasteiger partial charge in [0, 0.05) is 17.3 Å². The van der Waals surface area contributed by atoms with Crippen molar-refractivity contribution in [2.75, 3.05) is 14.2 Å². The normalized spacial score (nSPS) is 11.3. The van der Waals surface area contributed by atoms with Crippen LogP contribution in [0, 0.1) is 4.77 Å². The molecule has 1 aromatic heterocycles. The highest BCUT2D eigenvalue weighted by Crippen LogP contribution is 2.22. The SMILES string of the molecule is COc1cccc(-c2n[nH]c(=S)n2N=CC=Cc2ccccc2OC)c1. The molecular weight excluding hydrogens is 348 g/mol. The second-order valence-corrected chi connectivity index (χ2v) is 5.65. The summed E-state index contributed by atoms with van der Waals surface area (Å²) < 4.78 is 12.6. The van der Waals surface area contributed by atoms with E-state index in [1.165, 1.54) is 0 Å². The van der Waals surface area contributed by atoms with Crippen LogP contribution in [0.4, 0.5) is 0 Å². The van der Waals surface area contributed by atoms with Crippen molar-refractivity contribution in [1.29, 1.82) is 0 Å². The van der Waals surface area contributed by atoms with Crippen LogP contribution in [0.15, 0.2) is 59.7 Å². The number of ether oxygens (including phenoxy) is 2. The van der Waals surface area contributed by atoms with Gasteiger partial charge in [-0.15, -0.1) is 0 Å². The highest BCUT2D eigenvalue weighted by Gasteiger charge is 2.08. The van der Waals surface area contributed by atoms with Crippen LogP contribution in [0.25, 0.3) is 17.5 Å². The molecule has 0 aliphatic rings. The molecule has 6 nitrogen and oxygen atoms in total. The van der Waals surface area contributed by atoms with E-state index in [0.717, 1.165) is 22.6 Å². The number of H-pyrrole nitrogens is 1. The fourth-order valence-corrected chi connectivity index (χ4v) is 2.58. The summed E-state index contributed by atoms with van der Waals surface area (Å²) in [5.74, 6) is 2.15. The second-order valence-electron chi connectivity index (χ2n) is 5.26. The van der Waals surface area contributed by atoms with Crippen molar-refractivity contribution in [2.24, 2.45) is 5.10 Å². The Hall–Kier alpha value is -3.19. The van der Waals surface area contributed by atoms with Gasteiger partial charge in [0.15, 0.2) is 5.82 Å². The van der Waals surface area contributed by atoms with E-state index < -0.39 is 0 Å². The van der Waals surface area contributed by atoms with E-state index in [0.29, 0.717) is 10.6 Å². The van der Waals surface area contributed by atoms with Gasteiger partial charge >= 0.3 is 0 Å². The Morgan fingerprint density at radius 3 is 2.77 bits per heavy atom. The van der Waals surface area contributed by atoms with Crippen LogP contribution in [0.1, 0.15) is 5.56 Å². The molecule has 0 aliphatic carbocycles. The predicted molar refractivity (Wildman–Crippen MR) is 105 cm³/mol. The molecule has 0 amide bonds. The molecule has 0 unspecified atom stereocenters. The number of hydrogen-bond acceptors (Lipinski definition) is 5. The molecule has 1 heterocycles. The van der Waals surface area contributed by atoms with Crippen LogP contribution in [-0.2, 0) is 0 Å². The number of hydrogen-bond donors (Lipinski definition) is 1. The number of benzene rings is 2. The number of nitrogens with one attached hydrogen (secondary N) is 1. The number of allylic oxidation sites excluding steroid dienone is 1. The summed E-state index contributed by atoms with van der Waals surface area (Å²) in [5.41, 5.74) is 1.81. The van der Waals surface area contributed by atoms with Gasteiger partial charge in [0.05, 0.1) is 14.2 Å². The van der Waals surface area contributed by atoms with Crippen molar-refractivity contribution in [3.63, 3.8) is 0 Å². The van der Waals surface area contributed by atoms with E-state index >= 15 is 0 Å². The first kappa shape index (κ1) is 17.6.